The van der Waals surface area contributed by atoms with Gasteiger partial charge in [0.05, 0.1) is 6.04 Å². The van der Waals surface area contributed by atoms with Gasteiger partial charge in [-0.15, -0.1) is 0 Å². The van der Waals surface area contributed by atoms with Crippen molar-refractivity contribution in [1.82, 2.24) is 14.8 Å². The van der Waals surface area contributed by atoms with Gasteiger partial charge < -0.3 is 20.5 Å². The van der Waals surface area contributed by atoms with Crippen LogP contribution >= 0.6 is 0 Å². The minimum Gasteiger partial charge on any atom is -0.384 e. The van der Waals surface area contributed by atoms with Crippen LogP contribution in [-0.2, 0) is 17.8 Å². The van der Waals surface area contributed by atoms with E-state index < -0.39 is 0 Å². The number of aryl methyl sites for hydroxylation is 2. The third-order valence-corrected chi connectivity index (χ3v) is 6.62. The molecular weight excluding hydrogens is 362 g/mol. The lowest BCUT2D eigenvalue weighted by Crippen LogP contribution is -2.50. The van der Waals surface area contributed by atoms with Gasteiger partial charge in [0.1, 0.15) is 5.84 Å². The third-order valence-electron chi connectivity index (χ3n) is 6.62. The van der Waals surface area contributed by atoms with Crippen LogP contribution in [0.15, 0.2) is 24.3 Å². The number of nitrogens with two attached hydrogens (primary N) is 1. The molecule has 6 heteroatoms. The van der Waals surface area contributed by atoms with Crippen LogP contribution in [0.4, 0.5) is 0 Å². The number of carbonyl (C=O) groups excluding carboxylic acids is 1. The van der Waals surface area contributed by atoms with E-state index in [1.165, 1.54) is 17.5 Å². The Morgan fingerprint density at radius 1 is 1.24 bits per heavy atom. The highest BCUT2D eigenvalue weighted by Gasteiger charge is 2.33. The summed E-state index contributed by atoms with van der Waals surface area (Å²) in [6.07, 6.45) is 7.51. The van der Waals surface area contributed by atoms with Crippen LogP contribution in [0.3, 0.4) is 0 Å². The van der Waals surface area contributed by atoms with Gasteiger partial charge in [-0.05, 0) is 69.5 Å². The molecule has 0 spiro atoms. The van der Waals surface area contributed by atoms with Crippen LogP contribution in [0.25, 0.3) is 10.9 Å². The zero-order valence-corrected chi connectivity index (χ0v) is 17.4. The maximum Gasteiger partial charge on any atom is 0.239 e. The van der Waals surface area contributed by atoms with Crippen LogP contribution in [0.1, 0.15) is 56.7 Å². The first-order valence-electron chi connectivity index (χ1n) is 11.1. The Morgan fingerprint density at radius 2 is 2.10 bits per heavy atom. The number of amides is 1. The van der Waals surface area contributed by atoms with Gasteiger partial charge in [-0.2, -0.15) is 0 Å². The number of nitrogen functional groups attached to an aromatic ring is 1. The predicted octanol–water partition coefficient (Wildman–Crippen LogP) is 3.01. The molecule has 0 aliphatic carbocycles. The Labute approximate surface area is 172 Å². The summed E-state index contributed by atoms with van der Waals surface area (Å²) in [4.78, 5) is 15.2. The number of carbonyl (C=O) groups is 1. The van der Waals surface area contributed by atoms with Crippen molar-refractivity contribution < 1.29 is 4.79 Å². The van der Waals surface area contributed by atoms with Crippen LogP contribution in [0, 0.1) is 5.41 Å². The number of nitrogens with one attached hydrogen (secondary N) is 2. The summed E-state index contributed by atoms with van der Waals surface area (Å²) >= 11 is 0. The lowest BCUT2D eigenvalue weighted by molar-refractivity contribution is -0.135. The zero-order valence-electron chi connectivity index (χ0n) is 17.4. The molecule has 2 saturated heterocycles. The molecule has 2 aliphatic heterocycles. The van der Waals surface area contributed by atoms with Crippen molar-refractivity contribution in [2.45, 2.75) is 70.5 Å². The molecule has 4 N–H and O–H groups in total. The Morgan fingerprint density at radius 3 is 2.83 bits per heavy atom. The highest BCUT2D eigenvalue weighted by atomic mass is 16.2. The quantitative estimate of drug-likeness (QED) is 0.519. The first-order chi connectivity index (χ1) is 14.1. The Bertz CT molecular complexity index is 896. The normalized spacial score (nSPS) is 22.3. The molecule has 2 atom stereocenters. The van der Waals surface area contributed by atoms with Crippen LogP contribution in [0.2, 0.25) is 0 Å². The summed E-state index contributed by atoms with van der Waals surface area (Å²) in [6, 6.07) is 8.63. The molecule has 3 heterocycles. The summed E-state index contributed by atoms with van der Waals surface area (Å²) in [6.45, 7) is 4.91. The second-order valence-electron chi connectivity index (χ2n) is 8.44. The summed E-state index contributed by atoms with van der Waals surface area (Å²) in [5.74, 6) is 0.420. The van der Waals surface area contributed by atoms with Crippen LogP contribution in [0.5, 0.6) is 0 Å². The molecule has 1 aromatic heterocycles. The number of rotatable bonds is 6. The van der Waals surface area contributed by atoms with E-state index in [0.717, 1.165) is 69.2 Å². The Balaban J connectivity index is 1.48. The zero-order chi connectivity index (χ0) is 20.4. The Kier molecular flexibility index (Phi) is 5.90. The maximum absolute atomic E-state index is 13.0. The molecule has 4 rings (SSSR count). The number of aromatic nitrogens is 1. The highest BCUT2D eigenvalue weighted by Crippen LogP contribution is 2.27. The lowest BCUT2D eigenvalue weighted by atomic mass is 10.0. The molecule has 29 heavy (non-hydrogen) atoms. The molecule has 6 nitrogen and oxygen atoms in total. The van der Waals surface area contributed by atoms with Gasteiger partial charge in [0.15, 0.2) is 0 Å². The fourth-order valence-corrected chi connectivity index (χ4v) is 5.06. The van der Waals surface area contributed by atoms with Gasteiger partial charge in [-0.25, -0.2) is 0 Å². The molecule has 1 unspecified atom stereocenters. The smallest absolute Gasteiger partial charge is 0.239 e. The molecule has 0 radical (unpaired) electrons. The largest absolute Gasteiger partial charge is 0.384 e. The van der Waals surface area contributed by atoms with Crippen molar-refractivity contribution in [2.24, 2.45) is 5.73 Å². The fourth-order valence-electron chi connectivity index (χ4n) is 5.06. The Hall–Kier alpha value is -2.34. The van der Waals surface area contributed by atoms with E-state index in [1.807, 2.05) is 12.1 Å². The first-order valence-corrected chi connectivity index (χ1v) is 11.1. The number of amidine groups is 1. The lowest BCUT2D eigenvalue weighted by Gasteiger charge is -2.31. The van der Waals surface area contributed by atoms with Gasteiger partial charge in [-0.3, -0.25) is 10.2 Å². The number of fused-ring (bicyclic) bond motifs is 1. The molecular formula is C23H33N5O. The van der Waals surface area contributed by atoms with E-state index in [4.69, 9.17) is 11.1 Å². The van der Waals surface area contributed by atoms with Crippen LogP contribution < -0.4 is 11.1 Å². The average molecular weight is 396 g/mol. The minimum atomic E-state index is 0.0245. The average Bonchev–Trinajstić information content (AvgIpc) is 3.35. The number of benzene rings is 1. The van der Waals surface area contributed by atoms with E-state index in [-0.39, 0.29) is 11.9 Å². The molecule has 1 aromatic carbocycles. The van der Waals surface area contributed by atoms with Crippen molar-refractivity contribution in [3.05, 3.63) is 35.5 Å². The standard InChI is InChI=1S/C23H33N5O/c1-2-27-19(14-16-8-9-17(22(24)25)15-21(16)27)11-10-18-6-5-13-28(18)23(29)20-7-3-4-12-26-20/h8-9,14-15,18,20,26H,2-7,10-13H2,1H3,(H3,24,25)/t18?,20-/m0/s1. The predicted molar refractivity (Wildman–Crippen MR) is 117 cm³/mol. The van der Waals surface area contributed by atoms with E-state index in [1.54, 1.807) is 0 Å². The number of nitrogens with zero attached hydrogens (tertiary/aromatic N) is 2. The SMILES string of the molecule is CCn1c(CCC2CCCN2C(=O)[C@@H]2CCCCN2)cc2ccc(C(=N)N)cc21. The molecule has 0 bridgehead atoms. The number of piperidine rings is 1. The minimum absolute atomic E-state index is 0.0245. The molecule has 1 amide bonds. The maximum atomic E-state index is 13.0. The molecule has 2 fully saturated rings. The second-order valence-corrected chi connectivity index (χ2v) is 8.44. The van der Waals surface area contributed by atoms with Crippen molar-refractivity contribution in [2.75, 3.05) is 13.1 Å². The molecule has 2 aromatic rings. The van der Waals surface area contributed by atoms with Gasteiger partial charge in [-0.1, -0.05) is 18.6 Å². The summed E-state index contributed by atoms with van der Waals surface area (Å²) in [5.41, 5.74) is 8.89. The van der Waals surface area contributed by atoms with E-state index in [9.17, 15) is 4.79 Å². The number of likely N-dealkylation sites (tertiary alicyclic amines) is 1. The number of hydrogen-bond acceptors (Lipinski definition) is 3. The van der Waals surface area contributed by atoms with E-state index in [2.05, 4.69) is 33.8 Å². The van der Waals surface area contributed by atoms with Gasteiger partial charge in [0.25, 0.3) is 0 Å². The topological polar surface area (TPSA) is 87.1 Å². The summed E-state index contributed by atoms with van der Waals surface area (Å²) in [7, 11) is 0. The van der Waals surface area contributed by atoms with Gasteiger partial charge in [0, 0.05) is 35.9 Å². The van der Waals surface area contributed by atoms with Crippen LogP contribution in [-0.4, -0.2) is 46.4 Å². The van der Waals surface area contributed by atoms with Gasteiger partial charge in [0.2, 0.25) is 5.91 Å². The highest BCUT2D eigenvalue weighted by molar-refractivity contribution is 5.98. The monoisotopic (exact) mass is 395 g/mol. The summed E-state index contributed by atoms with van der Waals surface area (Å²) < 4.78 is 2.32. The van der Waals surface area contributed by atoms with Crippen molar-refractivity contribution in [3.8, 4) is 0 Å². The van der Waals surface area contributed by atoms with Crippen molar-refractivity contribution in [1.29, 1.82) is 5.41 Å². The van der Waals surface area contributed by atoms with Crippen molar-refractivity contribution in [3.63, 3.8) is 0 Å². The molecule has 156 valence electrons. The van der Waals surface area contributed by atoms with E-state index in [0.29, 0.717) is 11.9 Å². The second kappa shape index (κ2) is 8.57. The molecule has 2 aliphatic rings. The van der Waals surface area contributed by atoms with Gasteiger partial charge >= 0.3 is 0 Å². The summed E-state index contributed by atoms with van der Waals surface area (Å²) in [5, 5.41) is 12.3. The third kappa shape index (κ3) is 4.04. The van der Waals surface area contributed by atoms with Crippen molar-refractivity contribution >= 4 is 22.6 Å². The molecule has 0 saturated carbocycles. The number of hydrogen-bond donors (Lipinski definition) is 3. The fraction of sp³-hybridized carbons (Fsp3) is 0.565. The van der Waals surface area contributed by atoms with E-state index >= 15 is 0 Å². The first kappa shape index (κ1) is 20.0.